The average Bonchev–Trinajstić information content (AvgIpc) is 2.98. The van der Waals surface area contributed by atoms with E-state index in [4.69, 9.17) is 0 Å². The van der Waals surface area contributed by atoms with Crippen LogP contribution in [0.1, 0.15) is 52.6 Å². The molecule has 1 aliphatic heterocycles. The minimum absolute atomic E-state index is 0.0827. The third-order valence-corrected chi connectivity index (χ3v) is 5.59. The lowest BCUT2D eigenvalue weighted by atomic mass is 9.89. The molecule has 0 fully saturated rings. The van der Waals surface area contributed by atoms with Crippen LogP contribution in [-0.2, 0) is 6.42 Å². The minimum Gasteiger partial charge on any atom is -0.356 e. The number of benzene rings is 2. The number of rotatable bonds is 2. The van der Waals surface area contributed by atoms with E-state index in [0.717, 1.165) is 24.1 Å². The number of fused-ring (bicyclic) bond motifs is 3. The van der Waals surface area contributed by atoms with Crippen molar-refractivity contribution in [2.45, 2.75) is 40.2 Å². The number of aryl methyl sites for hydroxylation is 2. The van der Waals surface area contributed by atoms with Crippen LogP contribution in [0.5, 0.6) is 0 Å². The van der Waals surface area contributed by atoms with Crippen molar-refractivity contribution in [2.24, 2.45) is 5.92 Å². The zero-order valence-corrected chi connectivity index (χ0v) is 16.0. The topological polar surface area (TPSA) is 36.1 Å². The van der Waals surface area contributed by atoms with Gasteiger partial charge in [-0.3, -0.25) is 4.79 Å². The molecule has 0 aliphatic carbocycles. The average molecular weight is 346 g/mol. The Balaban J connectivity index is 1.79. The number of aromatic amines is 1. The Kier molecular flexibility index (Phi) is 4.10. The molecule has 0 radical (unpaired) electrons. The lowest BCUT2D eigenvalue weighted by Crippen LogP contribution is -2.42. The predicted octanol–water partition coefficient (Wildman–Crippen LogP) is 5.18. The number of hydrogen-bond donors (Lipinski definition) is 1. The molecule has 1 N–H and O–H groups in total. The number of nitrogens with zero attached hydrogens (tertiary/aromatic N) is 1. The van der Waals surface area contributed by atoms with E-state index in [9.17, 15) is 4.79 Å². The molecule has 3 nitrogen and oxygen atoms in total. The molecule has 4 rings (SSSR count). The highest BCUT2D eigenvalue weighted by molar-refractivity contribution is 5.96. The molecule has 3 aromatic rings. The zero-order valence-electron chi connectivity index (χ0n) is 16.0. The molecule has 0 saturated heterocycles. The second-order valence-corrected chi connectivity index (χ2v) is 7.82. The van der Waals surface area contributed by atoms with Crippen molar-refractivity contribution in [3.05, 3.63) is 70.4 Å². The van der Waals surface area contributed by atoms with E-state index in [-0.39, 0.29) is 11.9 Å². The number of H-pyrrole nitrogens is 1. The third-order valence-electron chi connectivity index (χ3n) is 5.59. The Morgan fingerprint density at radius 2 is 1.92 bits per heavy atom. The van der Waals surface area contributed by atoms with Crippen LogP contribution in [-0.4, -0.2) is 22.3 Å². The van der Waals surface area contributed by atoms with Gasteiger partial charge in [0.05, 0.1) is 6.04 Å². The van der Waals surface area contributed by atoms with Gasteiger partial charge in [0.2, 0.25) is 0 Å². The highest BCUT2D eigenvalue weighted by Crippen LogP contribution is 2.39. The second-order valence-electron chi connectivity index (χ2n) is 7.82. The van der Waals surface area contributed by atoms with Crippen LogP contribution in [0.3, 0.4) is 0 Å². The van der Waals surface area contributed by atoms with E-state index in [1.807, 2.05) is 19.1 Å². The van der Waals surface area contributed by atoms with Crippen molar-refractivity contribution in [3.63, 3.8) is 0 Å². The van der Waals surface area contributed by atoms with E-state index in [1.165, 1.54) is 27.7 Å². The fourth-order valence-electron chi connectivity index (χ4n) is 4.40. The van der Waals surface area contributed by atoms with Gasteiger partial charge < -0.3 is 9.88 Å². The maximum absolute atomic E-state index is 13.4. The van der Waals surface area contributed by atoms with Crippen molar-refractivity contribution in [1.82, 2.24) is 9.88 Å². The SMILES string of the molecule is Cc1ccc(C(=O)N2CCc3c([nH]c4ccccc34)[C@@H]2C(C)C)c(C)c1. The summed E-state index contributed by atoms with van der Waals surface area (Å²) in [4.78, 5) is 19.1. The Labute approximate surface area is 155 Å². The van der Waals surface area contributed by atoms with Crippen LogP contribution in [0.25, 0.3) is 10.9 Å². The number of carbonyl (C=O) groups excluding carboxylic acids is 1. The number of nitrogens with one attached hydrogen (secondary N) is 1. The molecule has 26 heavy (non-hydrogen) atoms. The number of amides is 1. The molecule has 0 spiro atoms. The van der Waals surface area contributed by atoms with E-state index in [1.54, 1.807) is 0 Å². The Morgan fingerprint density at radius 1 is 1.15 bits per heavy atom. The van der Waals surface area contributed by atoms with Gasteiger partial charge in [-0.25, -0.2) is 0 Å². The maximum atomic E-state index is 13.4. The highest BCUT2D eigenvalue weighted by atomic mass is 16.2. The summed E-state index contributed by atoms with van der Waals surface area (Å²) in [7, 11) is 0. The van der Waals surface area contributed by atoms with Gasteiger partial charge in [0, 0.05) is 28.7 Å². The molecule has 3 heteroatoms. The Bertz CT molecular complexity index is 983. The first-order valence-electron chi connectivity index (χ1n) is 9.45. The Hall–Kier alpha value is -2.55. The largest absolute Gasteiger partial charge is 0.356 e. The smallest absolute Gasteiger partial charge is 0.254 e. The fraction of sp³-hybridized carbons (Fsp3) is 0.348. The van der Waals surface area contributed by atoms with E-state index >= 15 is 0 Å². The first-order chi connectivity index (χ1) is 12.5. The molecule has 2 heterocycles. The van der Waals surface area contributed by atoms with Crippen LogP contribution >= 0.6 is 0 Å². The molecule has 1 aromatic heterocycles. The normalized spacial score (nSPS) is 17.0. The van der Waals surface area contributed by atoms with Gasteiger partial charge in [0.15, 0.2) is 0 Å². The fourth-order valence-corrected chi connectivity index (χ4v) is 4.40. The van der Waals surface area contributed by atoms with Crippen LogP contribution in [0.15, 0.2) is 42.5 Å². The lowest BCUT2D eigenvalue weighted by molar-refractivity contribution is 0.0598. The van der Waals surface area contributed by atoms with Crippen LogP contribution < -0.4 is 0 Å². The molecule has 1 aliphatic rings. The van der Waals surface area contributed by atoms with Gasteiger partial charge in [-0.2, -0.15) is 0 Å². The predicted molar refractivity (Wildman–Crippen MR) is 107 cm³/mol. The summed E-state index contributed by atoms with van der Waals surface area (Å²) in [6.45, 7) is 9.27. The summed E-state index contributed by atoms with van der Waals surface area (Å²) in [5.74, 6) is 0.488. The van der Waals surface area contributed by atoms with Crippen molar-refractivity contribution >= 4 is 16.8 Å². The quantitative estimate of drug-likeness (QED) is 0.682. The number of hydrogen-bond acceptors (Lipinski definition) is 1. The number of para-hydroxylation sites is 1. The standard InChI is InChI=1S/C23H26N2O/c1-14(2)22-21-19(18-7-5-6-8-20(18)24-21)11-12-25(22)23(26)17-10-9-15(3)13-16(17)4/h5-10,13-14,22,24H,11-12H2,1-4H3/t22-/m0/s1. The summed E-state index contributed by atoms with van der Waals surface area (Å²) in [6, 6.07) is 14.6. The van der Waals surface area contributed by atoms with Crippen molar-refractivity contribution in [1.29, 1.82) is 0 Å². The van der Waals surface area contributed by atoms with Gasteiger partial charge in [0.1, 0.15) is 0 Å². The number of aromatic nitrogens is 1. The lowest BCUT2D eigenvalue weighted by Gasteiger charge is -2.38. The van der Waals surface area contributed by atoms with Gasteiger partial charge in [-0.15, -0.1) is 0 Å². The highest BCUT2D eigenvalue weighted by Gasteiger charge is 2.35. The van der Waals surface area contributed by atoms with Crippen molar-refractivity contribution in [3.8, 4) is 0 Å². The van der Waals surface area contributed by atoms with Gasteiger partial charge in [-0.05, 0) is 49.4 Å². The molecule has 1 amide bonds. The minimum atomic E-state index is 0.0827. The van der Waals surface area contributed by atoms with E-state index < -0.39 is 0 Å². The monoisotopic (exact) mass is 346 g/mol. The summed E-state index contributed by atoms with van der Waals surface area (Å²) < 4.78 is 0. The van der Waals surface area contributed by atoms with E-state index in [0.29, 0.717) is 5.92 Å². The van der Waals surface area contributed by atoms with Gasteiger partial charge in [-0.1, -0.05) is 49.7 Å². The van der Waals surface area contributed by atoms with Gasteiger partial charge >= 0.3 is 0 Å². The summed E-state index contributed by atoms with van der Waals surface area (Å²) in [5, 5.41) is 1.30. The zero-order chi connectivity index (χ0) is 18.4. The first-order valence-corrected chi connectivity index (χ1v) is 9.45. The van der Waals surface area contributed by atoms with Crippen molar-refractivity contribution < 1.29 is 4.79 Å². The Morgan fingerprint density at radius 3 is 2.65 bits per heavy atom. The molecule has 2 aromatic carbocycles. The maximum Gasteiger partial charge on any atom is 0.254 e. The molecular formula is C23H26N2O. The van der Waals surface area contributed by atoms with Crippen molar-refractivity contribution in [2.75, 3.05) is 6.54 Å². The molecule has 0 bridgehead atoms. The first kappa shape index (κ1) is 16.9. The molecule has 0 saturated carbocycles. The molecule has 134 valence electrons. The third kappa shape index (κ3) is 2.63. The van der Waals surface area contributed by atoms with Gasteiger partial charge in [0.25, 0.3) is 5.91 Å². The van der Waals surface area contributed by atoms with Crippen LogP contribution in [0, 0.1) is 19.8 Å². The molecule has 1 atom stereocenters. The number of carbonyl (C=O) groups is 1. The summed E-state index contributed by atoms with van der Waals surface area (Å²) >= 11 is 0. The molecular weight excluding hydrogens is 320 g/mol. The summed E-state index contributed by atoms with van der Waals surface area (Å²) in [5.41, 5.74) is 6.83. The van der Waals surface area contributed by atoms with E-state index in [2.05, 4.69) is 61.0 Å². The second kappa shape index (κ2) is 6.31. The molecule has 0 unspecified atom stereocenters. The van der Waals surface area contributed by atoms with Crippen LogP contribution in [0.2, 0.25) is 0 Å². The van der Waals surface area contributed by atoms with Crippen LogP contribution in [0.4, 0.5) is 0 Å². The summed E-state index contributed by atoms with van der Waals surface area (Å²) in [6.07, 6.45) is 0.902.